The summed E-state index contributed by atoms with van der Waals surface area (Å²) in [6.07, 6.45) is 5.68. The van der Waals surface area contributed by atoms with E-state index in [-0.39, 0.29) is 24.0 Å². The van der Waals surface area contributed by atoms with Crippen LogP contribution in [0.2, 0.25) is 10.0 Å². The molecule has 0 aliphatic carbocycles. The number of carbonyl (C=O) groups is 1. The van der Waals surface area contributed by atoms with Crippen molar-refractivity contribution in [2.75, 3.05) is 32.8 Å². The molecule has 6 rings (SSSR count). The average molecular weight is 790 g/mol. The molecule has 0 unspecified atom stereocenters. The zero-order valence-corrected chi connectivity index (χ0v) is 31.9. The Hall–Kier alpha value is -5.13. The second kappa shape index (κ2) is 19.3. The Labute approximate surface area is 330 Å². The van der Waals surface area contributed by atoms with Gasteiger partial charge in [-0.1, -0.05) is 65.7 Å². The zero-order valence-electron chi connectivity index (χ0n) is 29.5. The van der Waals surface area contributed by atoms with E-state index in [2.05, 4.69) is 34.1 Å². The number of amides is 1. The lowest BCUT2D eigenvalue weighted by molar-refractivity contribution is -0.384. The van der Waals surface area contributed by atoms with Crippen LogP contribution in [0.5, 0.6) is 23.1 Å². The highest BCUT2D eigenvalue weighted by molar-refractivity contribution is 6.32. The van der Waals surface area contributed by atoms with Gasteiger partial charge in [-0.3, -0.25) is 19.8 Å². The molecule has 0 spiro atoms. The first kappa shape index (κ1) is 40.1. The van der Waals surface area contributed by atoms with Gasteiger partial charge in [0.2, 0.25) is 11.8 Å². The van der Waals surface area contributed by atoms with Crippen LogP contribution in [0.25, 0.3) is 6.08 Å². The summed E-state index contributed by atoms with van der Waals surface area (Å²) in [5.41, 5.74) is 4.88. The number of piperazine rings is 1. The lowest BCUT2D eigenvalue weighted by Gasteiger charge is -2.34. The SMILES string of the molecule is Cc1cc(C=CC(=O)N2CCN(Cc3ccc(CCOc4ccc([N+](=O)[O-])cc4)cc3)CC2)cc(Cl)c1Oc1ccc(OCc2ccccc2Cl)cn1.Cl. The first-order chi connectivity index (χ1) is 25.7. The van der Waals surface area contributed by atoms with Crippen LogP contribution in [0, 0.1) is 17.0 Å². The summed E-state index contributed by atoms with van der Waals surface area (Å²) in [5, 5.41) is 11.9. The molecule has 280 valence electrons. The summed E-state index contributed by atoms with van der Waals surface area (Å²) in [7, 11) is 0. The molecule has 0 N–H and O–H groups in total. The molecule has 0 bridgehead atoms. The molecule has 1 saturated heterocycles. The molecule has 1 fully saturated rings. The van der Waals surface area contributed by atoms with Crippen molar-refractivity contribution in [3.8, 4) is 23.1 Å². The minimum Gasteiger partial charge on any atom is -0.493 e. The monoisotopic (exact) mass is 788 g/mol. The van der Waals surface area contributed by atoms with Gasteiger partial charge in [0.25, 0.3) is 5.69 Å². The number of rotatable bonds is 14. The van der Waals surface area contributed by atoms with Gasteiger partial charge in [0, 0.05) is 74.0 Å². The normalized spacial score (nSPS) is 13.0. The number of halogens is 3. The van der Waals surface area contributed by atoms with Crippen molar-refractivity contribution >= 4 is 53.3 Å². The molecule has 5 aromatic rings. The third kappa shape index (κ3) is 11.2. The lowest BCUT2D eigenvalue weighted by atomic mass is 10.1. The maximum atomic E-state index is 13.0. The number of ether oxygens (including phenoxy) is 3. The minimum absolute atomic E-state index is 0. The van der Waals surface area contributed by atoms with Gasteiger partial charge in [0.1, 0.15) is 18.1 Å². The van der Waals surface area contributed by atoms with Gasteiger partial charge in [-0.25, -0.2) is 4.98 Å². The molecule has 1 amide bonds. The van der Waals surface area contributed by atoms with Crippen LogP contribution in [-0.4, -0.2) is 58.4 Å². The first-order valence-corrected chi connectivity index (χ1v) is 17.9. The van der Waals surface area contributed by atoms with E-state index in [9.17, 15) is 14.9 Å². The van der Waals surface area contributed by atoms with Crippen LogP contribution >= 0.6 is 35.6 Å². The summed E-state index contributed by atoms with van der Waals surface area (Å²) in [5.74, 6) is 2.01. The van der Waals surface area contributed by atoms with E-state index in [4.69, 9.17) is 37.4 Å². The molecule has 1 aliphatic heterocycles. The molecule has 10 nitrogen and oxygen atoms in total. The predicted molar refractivity (Wildman–Crippen MR) is 213 cm³/mol. The number of non-ortho nitro benzene ring substituents is 1. The summed E-state index contributed by atoms with van der Waals surface area (Å²) >= 11 is 12.8. The fourth-order valence-corrected chi connectivity index (χ4v) is 6.30. The molecule has 1 aliphatic rings. The van der Waals surface area contributed by atoms with Crippen LogP contribution in [0.15, 0.2) is 109 Å². The number of hydrogen-bond donors (Lipinski definition) is 0. The maximum absolute atomic E-state index is 13.0. The molecule has 4 aromatic carbocycles. The van der Waals surface area contributed by atoms with E-state index >= 15 is 0 Å². The summed E-state index contributed by atoms with van der Waals surface area (Å²) in [6, 6.07) is 29.2. The number of carbonyl (C=O) groups excluding carboxylic acids is 1. The maximum Gasteiger partial charge on any atom is 0.269 e. The number of aryl methyl sites for hydroxylation is 1. The van der Waals surface area contributed by atoms with Crippen molar-refractivity contribution in [1.29, 1.82) is 0 Å². The summed E-state index contributed by atoms with van der Waals surface area (Å²) < 4.78 is 17.5. The van der Waals surface area contributed by atoms with Crippen molar-refractivity contribution in [1.82, 2.24) is 14.8 Å². The van der Waals surface area contributed by atoms with E-state index < -0.39 is 4.92 Å². The van der Waals surface area contributed by atoms with Gasteiger partial charge in [0.15, 0.2) is 5.75 Å². The quantitative estimate of drug-likeness (QED) is 0.0623. The topological polar surface area (TPSA) is 107 Å². The molecular formula is C41H39Cl3N4O6. The molecule has 0 radical (unpaired) electrons. The standard InChI is InChI=1S/C41H38Cl2N4O6.ClH/c1-29-24-32(25-38(43)41(29)53-39-16-15-36(26-44-39)52-28-33-4-2-3-5-37(33)42)10-17-40(48)46-21-19-45(20-22-46)27-31-8-6-30(7-9-31)18-23-51-35-13-11-34(12-14-35)47(49)50;/h2-17,24-26H,18-23,27-28H2,1H3;1H. The van der Waals surface area contributed by atoms with Gasteiger partial charge in [0.05, 0.1) is 22.7 Å². The van der Waals surface area contributed by atoms with Gasteiger partial charge >= 0.3 is 0 Å². The second-order valence-electron chi connectivity index (χ2n) is 12.6. The van der Waals surface area contributed by atoms with Crippen molar-refractivity contribution in [3.63, 3.8) is 0 Å². The van der Waals surface area contributed by atoms with Crippen LogP contribution in [0.4, 0.5) is 5.69 Å². The van der Waals surface area contributed by atoms with Crippen LogP contribution < -0.4 is 14.2 Å². The van der Waals surface area contributed by atoms with Gasteiger partial charge in [-0.15, -0.1) is 12.4 Å². The number of aromatic nitrogens is 1. The highest BCUT2D eigenvalue weighted by Crippen LogP contribution is 2.34. The second-order valence-corrected chi connectivity index (χ2v) is 13.4. The molecule has 0 saturated carbocycles. The minimum atomic E-state index is -0.428. The third-order valence-electron chi connectivity index (χ3n) is 8.76. The van der Waals surface area contributed by atoms with E-state index in [1.807, 2.05) is 42.2 Å². The van der Waals surface area contributed by atoms with Crippen LogP contribution in [-0.2, 0) is 24.4 Å². The Morgan fingerprint density at radius 1 is 0.870 bits per heavy atom. The van der Waals surface area contributed by atoms with E-state index in [0.29, 0.717) is 59.5 Å². The number of hydrogen-bond acceptors (Lipinski definition) is 8. The number of pyridine rings is 1. The average Bonchev–Trinajstić information content (AvgIpc) is 3.16. The Kier molecular flexibility index (Phi) is 14.3. The van der Waals surface area contributed by atoms with Gasteiger partial charge < -0.3 is 19.1 Å². The highest BCUT2D eigenvalue weighted by Gasteiger charge is 2.20. The molecule has 54 heavy (non-hydrogen) atoms. The molecule has 0 atom stereocenters. The summed E-state index contributed by atoms with van der Waals surface area (Å²) in [4.78, 5) is 32.0. The number of nitrogens with zero attached hydrogens (tertiary/aromatic N) is 4. The number of nitro groups is 1. The van der Waals surface area contributed by atoms with Crippen LogP contribution in [0.3, 0.4) is 0 Å². The first-order valence-electron chi connectivity index (χ1n) is 17.1. The third-order valence-corrected chi connectivity index (χ3v) is 9.41. The molecule has 2 heterocycles. The smallest absolute Gasteiger partial charge is 0.269 e. The van der Waals surface area contributed by atoms with Crippen molar-refractivity contribution < 1.29 is 23.9 Å². The number of benzene rings is 4. The zero-order chi connectivity index (χ0) is 37.2. The fourth-order valence-electron chi connectivity index (χ4n) is 5.80. The Balaban J connectivity index is 0.00000561. The van der Waals surface area contributed by atoms with Gasteiger partial charge in [-0.05, 0) is 71.7 Å². The Morgan fingerprint density at radius 3 is 2.24 bits per heavy atom. The van der Waals surface area contributed by atoms with Crippen molar-refractivity contribution in [3.05, 3.63) is 157 Å². The summed E-state index contributed by atoms with van der Waals surface area (Å²) in [6.45, 7) is 6.35. The Bertz CT molecular complexity index is 2030. The van der Waals surface area contributed by atoms with E-state index in [1.165, 1.54) is 17.7 Å². The number of nitro benzene ring substituents is 1. The van der Waals surface area contributed by atoms with Crippen molar-refractivity contribution in [2.24, 2.45) is 0 Å². The molecular weight excluding hydrogens is 751 g/mol. The predicted octanol–water partition coefficient (Wildman–Crippen LogP) is 9.38. The Morgan fingerprint density at radius 2 is 1.57 bits per heavy atom. The van der Waals surface area contributed by atoms with Crippen molar-refractivity contribution in [2.45, 2.75) is 26.5 Å². The van der Waals surface area contributed by atoms with E-state index in [0.717, 1.165) is 48.3 Å². The van der Waals surface area contributed by atoms with Gasteiger partial charge in [-0.2, -0.15) is 0 Å². The molecule has 13 heteroatoms. The fraction of sp³-hybridized carbons (Fsp3) is 0.220. The molecule has 1 aromatic heterocycles. The highest BCUT2D eigenvalue weighted by atomic mass is 35.5. The van der Waals surface area contributed by atoms with E-state index in [1.54, 1.807) is 48.7 Å². The van der Waals surface area contributed by atoms with Crippen LogP contribution in [0.1, 0.15) is 27.8 Å². The lowest BCUT2D eigenvalue weighted by Crippen LogP contribution is -2.47. The largest absolute Gasteiger partial charge is 0.493 e.